The van der Waals surface area contributed by atoms with Gasteiger partial charge in [-0.3, -0.25) is 9.69 Å². The number of carbonyl (C=O) groups is 1. The lowest BCUT2D eigenvalue weighted by molar-refractivity contribution is -0.122. The fourth-order valence-corrected chi connectivity index (χ4v) is 6.40. The van der Waals surface area contributed by atoms with Gasteiger partial charge < -0.3 is 5.73 Å². The molecule has 5 fully saturated rings. The molecule has 3 nitrogen and oxygen atoms in total. The van der Waals surface area contributed by atoms with Gasteiger partial charge in [-0.1, -0.05) is 0 Å². The SMILES string of the molecule is NC(=O)CC1CCCN(C23CC4CC(CC(C4)C2)C3)C1. The van der Waals surface area contributed by atoms with E-state index in [0.29, 0.717) is 17.9 Å². The number of nitrogens with zero attached hydrogens (tertiary/aromatic N) is 1. The number of amides is 1. The maximum atomic E-state index is 11.2. The number of hydrogen-bond acceptors (Lipinski definition) is 2. The summed E-state index contributed by atoms with van der Waals surface area (Å²) in [6, 6.07) is 0. The molecule has 0 spiro atoms. The zero-order valence-corrected chi connectivity index (χ0v) is 12.5. The second-order valence-electron chi connectivity index (χ2n) is 8.27. The third-order valence-electron chi connectivity index (χ3n) is 6.69. The summed E-state index contributed by atoms with van der Waals surface area (Å²) in [5, 5.41) is 0. The van der Waals surface area contributed by atoms with E-state index < -0.39 is 0 Å². The first-order valence-corrected chi connectivity index (χ1v) is 8.66. The average Bonchev–Trinajstić information content (AvgIpc) is 2.36. The molecule has 0 aromatic carbocycles. The first-order chi connectivity index (χ1) is 9.63. The minimum atomic E-state index is -0.109. The van der Waals surface area contributed by atoms with Crippen molar-refractivity contribution in [3.05, 3.63) is 0 Å². The Morgan fingerprint density at radius 3 is 2.25 bits per heavy atom. The van der Waals surface area contributed by atoms with Crippen LogP contribution in [0, 0.1) is 23.7 Å². The molecule has 5 rings (SSSR count). The number of hydrogen-bond donors (Lipinski definition) is 1. The van der Waals surface area contributed by atoms with E-state index in [-0.39, 0.29) is 5.91 Å². The van der Waals surface area contributed by atoms with Gasteiger partial charge in [-0.15, -0.1) is 0 Å². The highest BCUT2D eigenvalue weighted by molar-refractivity contribution is 5.74. The fraction of sp³-hybridized carbons (Fsp3) is 0.941. The van der Waals surface area contributed by atoms with Crippen molar-refractivity contribution in [1.29, 1.82) is 0 Å². The van der Waals surface area contributed by atoms with E-state index in [1.165, 1.54) is 57.9 Å². The van der Waals surface area contributed by atoms with Crippen LogP contribution in [0.25, 0.3) is 0 Å². The molecule has 20 heavy (non-hydrogen) atoms. The number of piperidine rings is 1. The highest BCUT2D eigenvalue weighted by Gasteiger charge is 2.53. The Morgan fingerprint density at radius 1 is 1.10 bits per heavy atom. The van der Waals surface area contributed by atoms with Crippen molar-refractivity contribution in [1.82, 2.24) is 4.90 Å². The van der Waals surface area contributed by atoms with E-state index in [4.69, 9.17) is 5.73 Å². The lowest BCUT2D eigenvalue weighted by Gasteiger charge is -2.61. The number of primary amides is 1. The van der Waals surface area contributed by atoms with Crippen molar-refractivity contribution in [3.63, 3.8) is 0 Å². The van der Waals surface area contributed by atoms with Gasteiger partial charge in [0.25, 0.3) is 0 Å². The average molecular weight is 276 g/mol. The standard InChI is InChI=1S/C17H28N2O/c18-16(20)7-12-2-1-3-19(11-12)17-8-13-4-14(9-17)6-15(5-13)10-17/h12-15H,1-11H2,(H2,18,20). The summed E-state index contributed by atoms with van der Waals surface area (Å²) in [5.41, 5.74) is 5.94. The summed E-state index contributed by atoms with van der Waals surface area (Å²) in [6.07, 6.45) is 11.9. The molecule has 4 bridgehead atoms. The van der Waals surface area contributed by atoms with E-state index in [2.05, 4.69) is 4.90 Å². The van der Waals surface area contributed by atoms with E-state index in [9.17, 15) is 4.79 Å². The molecule has 0 aromatic rings. The Labute approximate surface area is 122 Å². The molecule has 3 heteroatoms. The molecule has 1 heterocycles. The van der Waals surface area contributed by atoms with Crippen LogP contribution in [0.15, 0.2) is 0 Å². The number of likely N-dealkylation sites (tertiary alicyclic amines) is 1. The zero-order chi connectivity index (χ0) is 13.7. The fourth-order valence-electron chi connectivity index (χ4n) is 6.40. The Balaban J connectivity index is 1.50. The van der Waals surface area contributed by atoms with Gasteiger partial charge in [0, 0.05) is 18.5 Å². The summed E-state index contributed by atoms with van der Waals surface area (Å²) < 4.78 is 0. The molecular formula is C17H28N2O. The number of rotatable bonds is 3. The second kappa shape index (κ2) is 4.72. The molecule has 1 amide bonds. The second-order valence-corrected chi connectivity index (χ2v) is 8.27. The van der Waals surface area contributed by atoms with E-state index in [0.717, 1.165) is 24.3 Å². The van der Waals surface area contributed by atoms with Gasteiger partial charge >= 0.3 is 0 Å². The molecule has 4 aliphatic carbocycles. The van der Waals surface area contributed by atoms with Crippen LogP contribution in [0.3, 0.4) is 0 Å². The Morgan fingerprint density at radius 2 is 1.70 bits per heavy atom. The van der Waals surface area contributed by atoms with Gasteiger partial charge in [0.2, 0.25) is 5.91 Å². The Hall–Kier alpha value is -0.570. The van der Waals surface area contributed by atoms with Crippen LogP contribution in [-0.2, 0) is 4.79 Å². The van der Waals surface area contributed by atoms with Crippen molar-refractivity contribution in [3.8, 4) is 0 Å². The third kappa shape index (κ3) is 2.18. The van der Waals surface area contributed by atoms with Crippen molar-refractivity contribution in [2.45, 2.75) is 63.3 Å². The summed E-state index contributed by atoms with van der Waals surface area (Å²) in [4.78, 5) is 14.0. The third-order valence-corrected chi connectivity index (χ3v) is 6.69. The van der Waals surface area contributed by atoms with Gasteiger partial charge in [-0.05, 0) is 81.6 Å². The molecule has 1 atom stereocenters. The monoisotopic (exact) mass is 276 g/mol. The van der Waals surface area contributed by atoms with Crippen LogP contribution in [-0.4, -0.2) is 29.4 Å². The minimum Gasteiger partial charge on any atom is -0.370 e. The van der Waals surface area contributed by atoms with Gasteiger partial charge in [-0.2, -0.15) is 0 Å². The highest BCUT2D eigenvalue weighted by Crippen LogP contribution is 2.58. The quantitative estimate of drug-likeness (QED) is 0.861. The number of nitrogens with two attached hydrogens (primary N) is 1. The van der Waals surface area contributed by atoms with Crippen LogP contribution in [0.4, 0.5) is 0 Å². The molecule has 2 N–H and O–H groups in total. The van der Waals surface area contributed by atoms with E-state index in [1.807, 2.05) is 0 Å². The van der Waals surface area contributed by atoms with Gasteiger partial charge in [-0.25, -0.2) is 0 Å². The predicted molar refractivity (Wildman–Crippen MR) is 79.0 cm³/mol. The summed E-state index contributed by atoms with van der Waals surface area (Å²) in [6.45, 7) is 2.40. The first kappa shape index (κ1) is 13.1. The van der Waals surface area contributed by atoms with Crippen molar-refractivity contribution < 1.29 is 4.79 Å². The molecule has 112 valence electrons. The van der Waals surface area contributed by atoms with Crippen molar-refractivity contribution in [2.75, 3.05) is 13.1 Å². The molecule has 4 saturated carbocycles. The van der Waals surface area contributed by atoms with Crippen LogP contribution in [0.2, 0.25) is 0 Å². The number of carbonyl (C=O) groups excluding carboxylic acids is 1. The van der Waals surface area contributed by atoms with Crippen molar-refractivity contribution >= 4 is 5.91 Å². The summed E-state index contributed by atoms with van der Waals surface area (Å²) in [5.74, 6) is 3.45. The van der Waals surface area contributed by atoms with Crippen LogP contribution in [0.5, 0.6) is 0 Å². The normalized spacial score (nSPS) is 47.6. The van der Waals surface area contributed by atoms with E-state index >= 15 is 0 Å². The van der Waals surface area contributed by atoms with Crippen molar-refractivity contribution in [2.24, 2.45) is 29.4 Å². The van der Waals surface area contributed by atoms with Gasteiger partial charge in [0.05, 0.1) is 0 Å². The lowest BCUT2D eigenvalue weighted by atomic mass is 9.52. The molecule has 1 unspecified atom stereocenters. The summed E-state index contributed by atoms with van der Waals surface area (Å²) in [7, 11) is 0. The van der Waals surface area contributed by atoms with Crippen LogP contribution >= 0.6 is 0 Å². The summed E-state index contributed by atoms with van der Waals surface area (Å²) >= 11 is 0. The maximum absolute atomic E-state index is 11.2. The molecule has 1 saturated heterocycles. The Bertz CT molecular complexity index is 371. The smallest absolute Gasteiger partial charge is 0.217 e. The first-order valence-electron chi connectivity index (χ1n) is 8.66. The topological polar surface area (TPSA) is 46.3 Å². The molecular weight excluding hydrogens is 248 g/mol. The largest absolute Gasteiger partial charge is 0.370 e. The lowest BCUT2D eigenvalue weighted by Crippen LogP contribution is -2.61. The van der Waals surface area contributed by atoms with Crippen LogP contribution < -0.4 is 5.73 Å². The predicted octanol–water partition coefficient (Wildman–Crippen LogP) is 2.54. The zero-order valence-electron chi connectivity index (χ0n) is 12.5. The van der Waals surface area contributed by atoms with Crippen LogP contribution in [0.1, 0.15) is 57.8 Å². The van der Waals surface area contributed by atoms with Gasteiger partial charge in [0.1, 0.15) is 0 Å². The molecule has 0 aromatic heterocycles. The highest BCUT2D eigenvalue weighted by atomic mass is 16.1. The van der Waals surface area contributed by atoms with E-state index in [1.54, 1.807) is 0 Å². The maximum Gasteiger partial charge on any atom is 0.217 e. The minimum absolute atomic E-state index is 0.109. The molecule has 1 aliphatic heterocycles. The molecule has 0 radical (unpaired) electrons. The van der Waals surface area contributed by atoms with Gasteiger partial charge in [0.15, 0.2) is 0 Å². The Kier molecular flexibility index (Phi) is 3.10. The molecule has 5 aliphatic rings.